The predicted molar refractivity (Wildman–Crippen MR) is 82.3 cm³/mol. The lowest BCUT2D eigenvalue weighted by Crippen LogP contribution is -2.01. The lowest BCUT2D eigenvalue weighted by Gasteiger charge is -2.08. The standard InChI is InChI=1S/C13H10Br2N2O2/c14-11-4-2-1-3-9(11)8-16-10-5-6-12(15)13(7-10)17(18)19/h1-7,16H,8H2. The Kier molecular flexibility index (Phi) is 4.55. The monoisotopic (exact) mass is 384 g/mol. The molecule has 0 heterocycles. The molecule has 0 atom stereocenters. The van der Waals surface area contributed by atoms with Crippen LogP contribution in [0.1, 0.15) is 5.56 Å². The van der Waals surface area contributed by atoms with E-state index in [0.717, 1.165) is 10.0 Å². The molecule has 2 aromatic rings. The number of anilines is 1. The van der Waals surface area contributed by atoms with Gasteiger partial charge in [0.2, 0.25) is 0 Å². The van der Waals surface area contributed by atoms with E-state index in [0.29, 0.717) is 16.7 Å². The Morgan fingerprint density at radius 1 is 1.11 bits per heavy atom. The van der Waals surface area contributed by atoms with Gasteiger partial charge in [-0.3, -0.25) is 10.1 Å². The van der Waals surface area contributed by atoms with Gasteiger partial charge in [0, 0.05) is 22.8 Å². The number of nitro groups is 1. The first kappa shape index (κ1) is 14.0. The zero-order valence-electron chi connectivity index (χ0n) is 9.77. The van der Waals surface area contributed by atoms with E-state index < -0.39 is 4.92 Å². The number of nitro benzene ring substituents is 1. The number of halogens is 2. The van der Waals surface area contributed by atoms with Gasteiger partial charge in [-0.25, -0.2) is 0 Å². The molecule has 0 saturated carbocycles. The van der Waals surface area contributed by atoms with Crippen molar-refractivity contribution in [1.82, 2.24) is 0 Å². The fourth-order valence-corrected chi connectivity index (χ4v) is 2.42. The van der Waals surface area contributed by atoms with E-state index >= 15 is 0 Å². The van der Waals surface area contributed by atoms with Crippen molar-refractivity contribution in [3.05, 3.63) is 67.1 Å². The molecule has 0 fully saturated rings. The third-order valence-electron chi connectivity index (χ3n) is 2.58. The summed E-state index contributed by atoms with van der Waals surface area (Å²) in [7, 11) is 0. The summed E-state index contributed by atoms with van der Waals surface area (Å²) in [6, 6.07) is 12.8. The number of nitrogens with zero attached hydrogens (tertiary/aromatic N) is 1. The second-order valence-electron chi connectivity index (χ2n) is 3.87. The summed E-state index contributed by atoms with van der Waals surface area (Å²) >= 11 is 6.63. The van der Waals surface area contributed by atoms with Crippen molar-refractivity contribution in [3.63, 3.8) is 0 Å². The van der Waals surface area contributed by atoms with Crippen molar-refractivity contribution in [3.8, 4) is 0 Å². The minimum Gasteiger partial charge on any atom is -0.381 e. The lowest BCUT2D eigenvalue weighted by atomic mass is 10.2. The van der Waals surface area contributed by atoms with Crippen LogP contribution in [0.15, 0.2) is 51.4 Å². The molecule has 98 valence electrons. The first-order valence-electron chi connectivity index (χ1n) is 5.49. The molecule has 0 aliphatic carbocycles. The molecule has 2 rings (SSSR count). The van der Waals surface area contributed by atoms with Crippen molar-refractivity contribution in [1.29, 1.82) is 0 Å². The lowest BCUT2D eigenvalue weighted by molar-refractivity contribution is -0.385. The van der Waals surface area contributed by atoms with E-state index in [2.05, 4.69) is 37.2 Å². The third kappa shape index (κ3) is 3.54. The number of benzene rings is 2. The summed E-state index contributed by atoms with van der Waals surface area (Å²) in [4.78, 5) is 10.4. The van der Waals surface area contributed by atoms with Gasteiger partial charge in [0.1, 0.15) is 0 Å². The highest BCUT2D eigenvalue weighted by Crippen LogP contribution is 2.28. The largest absolute Gasteiger partial charge is 0.381 e. The van der Waals surface area contributed by atoms with Crippen LogP contribution in [-0.2, 0) is 6.54 Å². The average molecular weight is 386 g/mol. The van der Waals surface area contributed by atoms with Crippen molar-refractivity contribution >= 4 is 43.2 Å². The molecule has 19 heavy (non-hydrogen) atoms. The summed E-state index contributed by atoms with van der Waals surface area (Å²) in [6.07, 6.45) is 0. The molecular formula is C13H10Br2N2O2. The first-order valence-corrected chi connectivity index (χ1v) is 7.08. The molecule has 0 radical (unpaired) electrons. The fraction of sp³-hybridized carbons (Fsp3) is 0.0769. The van der Waals surface area contributed by atoms with E-state index in [9.17, 15) is 10.1 Å². The number of nitrogens with one attached hydrogen (secondary N) is 1. The van der Waals surface area contributed by atoms with E-state index in [1.165, 1.54) is 6.07 Å². The third-order valence-corrected chi connectivity index (χ3v) is 4.03. The van der Waals surface area contributed by atoms with Gasteiger partial charge in [-0.05, 0) is 39.7 Å². The van der Waals surface area contributed by atoms with Gasteiger partial charge in [-0.1, -0.05) is 34.1 Å². The zero-order valence-corrected chi connectivity index (χ0v) is 12.9. The topological polar surface area (TPSA) is 55.2 Å². The van der Waals surface area contributed by atoms with Crippen molar-refractivity contribution in [2.45, 2.75) is 6.54 Å². The Labute approximate surface area is 127 Å². The van der Waals surface area contributed by atoms with Crippen molar-refractivity contribution in [2.75, 3.05) is 5.32 Å². The Morgan fingerprint density at radius 2 is 1.84 bits per heavy atom. The maximum absolute atomic E-state index is 10.8. The van der Waals surface area contributed by atoms with Gasteiger partial charge in [0.25, 0.3) is 5.69 Å². The Balaban J connectivity index is 2.14. The zero-order chi connectivity index (χ0) is 13.8. The van der Waals surface area contributed by atoms with Crippen molar-refractivity contribution in [2.24, 2.45) is 0 Å². The van der Waals surface area contributed by atoms with Crippen LogP contribution < -0.4 is 5.32 Å². The van der Waals surface area contributed by atoms with Crippen LogP contribution in [0.4, 0.5) is 11.4 Å². The second kappa shape index (κ2) is 6.16. The summed E-state index contributed by atoms with van der Waals surface area (Å²) in [5, 5.41) is 14.0. The molecule has 0 amide bonds. The number of hydrogen-bond donors (Lipinski definition) is 1. The molecule has 1 N–H and O–H groups in total. The van der Waals surface area contributed by atoms with Crippen LogP contribution in [0.25, 0.3) is 0 Å². The van der Waals surface area contributed by atoms with E-state index in [1.54, 1.807) is 12.1 Å². The number of hydrogen-bond acceptors (Lipinski definition) is 3. The molecule has 0 saturated heterocycles. The van der Waals surface area contributed by atoms with Crippen molar-refractivity contribution < 1.29 is 4.92 Å². The molecule has 0 unspecified atom stereocenters. The SMILES string of the molecule is O=[N+]([O-])c1cc(NCc2ccccc2Br)ccc1Br. The van der Waals surface area contributed by atoms with Crippen LogP contribution in [0.2, 0.25) is 0 Å². The second-order valence-corrected chi connectivity index (χ2v) is 5.58. The maximum Gasteiger partial charge on any atom is 0.285 e. The minimum absolute atomic E-state index is 0.0529. The maximum atomic E-state index is 10.8. The number of rotatable bonds is 4. The normalized spacial score (nSPS) is 10.2. The highest BCUT2D eigenvalue weighted by atomic mass is 79.9. The molecule has 0 aliphatic rings. The minimum atomic E-state index is -0.409. The van der Waals surface area contributed by atoms with E-state index in [1.807, 2.05) is 24.3 Å². The molecule has 4 nitrogen and oxygen atoms in total. The highest BCUT2D eigenvalue weighted by molar-refractivity contribution is 9.10. The molecule has 0 bridgehead atoms. The Morgan fingerprint density at radius 3 is 2.53 bits per heavy atom. The smallest absolute Gasteiger partial charge is 0.285 e. The Bertz CT molecular complexity index is 617. The van der Waals surface area contributed by atoms with Gasteiger partial charge in [0.15, 0.2) is 0 Å². The van der Waals surface area contributed by atoms with Gasteiger partial charge in [-0.15, -0.1) is 0 Å². The molecule has 0 spiro atoms. The van der Waals surface area contributed by atoms with Gasteiger partial charge in [-0.2, -0.15) is 0 Å². The fourth-order valence-electron chi connectivity index (χ4n) is 1.60. The van der Waals surface area contributed by atoms with Crippen LogP contribution in [-0.4, -0.2) is 4.92 Å². The first-order chi connectivity index (χ1) is 9.08. The molecule has 2 aromatic carbocycles. The molecule has 0 aromatic heterocycles. The summed E-state index contributed by atoms with van der Waals surface area (Å²) in [5.41, 5.74) is 1.86. The predicted octanol–water partition coefficient (Wildman–Crippen LogP) is 4.73. The van der Waals surface area contributed by atoms with Gasteiger partial charge in [0.05, 0.1) is 9.40 Å². The van der Waals surface area contributed by atoms with Crippen LogP contribution >= 0.6 is 31.9 Å². The average Bonchev–Trinajstić information content (AvgIpc) is 2.39. The quantitative estimate of drug-likeness (QED) is 0.611. The van der Waals surface area contributed by atoms with Crippen LogP contribution in [0.3, 0.4) is 0 Å². The molecular weight excluding hydrogens is 376 g/mol. The Hall–Kier alpha value is -1.40. The van der Waals surface area contributed by atoms with Crippen LogP contribution in [0.5, 0.6) is 0 Å². The summed E-state index contributed by atoms with van der Waals surface area (Å²) in [5.74, 6) is 0. The van der Waals surface area contributed by atoms with E-state index in [-0.39, 0.29) is 5.69 Å². The van der Waals surface area contributed by atoms with Gasteiger partial charge >= 0.3 is 0 Å². The summed E-state index contributed by atoms with van der Waals surface area (Å²) in [6.45, 7) is 0.597. The van der Waals surface area contributed by atoms with E-state index in [4.69, 9.17) is 0 Å². The molecule has 6 heteroatoms. The highest BCUT2D eigenvalue weighted by Gasteiger charge is 2.12. The molecule has 0 aliphatic heterocycles. The van der Waals surface area contributed by atoms with Crippen LogP contribution in [0, 0.1) is 10.1 Å². The van der Waals surface area contributed by atoms with Gasteiger partial charge < -0.3 is 5.32 Å². The summed E-state index contributed by atoms with van der Waals surface area (Å²) < 4.78 is 1.48.